The maximum atomic E-state index is 12.1. The van der Waals surface area contributed by atoms with Crippen LogP contribution in [0.25, 0.3) is 0 Å². The van der Waals surface area contributed by atoms with E-state index in [1.54, 1.807) is 4.90 Å². The molecule has 0 saturated carbocycles. The van der Waals surface area contributed by atoms with E-state index in [0.29, 0.717) is 6.04 Å². The Morgan fingerprint density at radius 1 is 1.47 bits per heavy atom. The number of hydrogen-bond donors (Lipinski definition) is 1. The highest BCUT2D eigenvalue weighted by Gasteiger charge is 2.29. The van der Waals surface area contributed by atoms with Gasteiger partial charge >= 0.3 is 0 Å². The third-order valence-corrected chi connectivity index (χ3v) is 3.52. The molecule has 0 bridgehead atoms. The first-order chi connectivity index (χ1) is 8.07. The summed E-state index contributed by atoms with van der Waals surface area (Å²) in [7, 11) is 3.67. The minimum Gasteiger partial charge on any atom is -0.347 e. The molecule has 100 valence electrons. The lowest BCUT2D eigenvalue weighted by Crippen LogP contribution is -2.54. The molecule has 1 N–H and O–H groups in total. The van der Waals surface area contributed by atoms with Gasteiger partial charge in [-0.3, -0.25) is 9.69 Å². The fourth-order valence-electron chi connectivity index (χ4n) is 2.58. The summed E-state index contributed by atoms with van der Waals surface area (Å²) in [5.74, 6) is 0.212. The van der Waals surface area contributed by atoms with Crippen molar-refractivity contribution >= 4 is 5.91 Å². The van der Waals surface area contributed by atoms with Gasteiger partial charge in [0.15, 0.2) is 0 Å². The molecule has 0 spiro atoms. The maximum absolute atomic E-state index is 12.1. The Balaban J connectivity index is 2.65. The number of likely N-dealkylation sites (N-methyl/N-ethyl adjacent to an activating group) is 1. The predicted octanol–water partition coefficient (Wildman–Crippen LogP) is 0.927. The molecule has 1 saturated heterocycles. The molecule has 17 heavy (non-hydrogen) atoms. The summed E-state index contributed by atoms with van der Waals surface area (Å²) in [6.45, 7) is 7.35. The number of amides is 1. The van der Waals surface area contributed by atoms with Gasteiger partial charge in [-0.1, -0.05) is 6.92 Å². The SMILES string of the molecule is CCCN(C1CCCNC1)C(C)C(=O)N(C)C. The molecule has 1 rings (SSSR count). The number of carbonyl (C=O) groups is 1. The minimum absolute atomic E-state index is 0.00477. The maximum Gasteiger partial charge on any atom is 0.239 e. The first-order valence-corrected chi connectivity index (χ1v) is 6.75. The summed E-state index contributed by atoms with van der Waals surface area (Å²) in [5.41, 5.74) is 0. The molecule has 2 unspecified atom stereocenters. The third-order valence-electron chi connectivity index (χ3n) is 3.52. The van der Waals surface area contributed by atoms with E-state index < -0.39 is 0 Å². The van der Waals surface area contributed by atoms with Crippen molar-refractivity contribution in [3.63, 3.8) is 0 Å². The average molecular weight is 241 g/mol. The molecule has 0 aromatic heterocycles. The molecular weight excluding hydrogens is 214 g/mol. The van der Waals surface area contributed by atoms with Crippen molar-refractivity contribution < 1.29 is 4.79 Å². The molecule has 1 heterocycles. The van der Waals surface area contributed by atoms with Gasteiger partial charge in [-0.25, -0.2) is 0 Å². The van der Waals surface area contributed by atoms with Crippen LogP contribution in [0.1, 0.15) is 33.1 Å². The Bertz CT molecular complexity index is 237. The highest BCUT2D eigenvalue weighted by atomic mass is 16.2. The molecule has 0 aromatic carbocycles. The lowest BCUT2D eigenvalue weighted by molar-refractivity contribution is -0.135. The summed E-state index contributed by atoms with van der Waals surface area (Å²) in [5, 5.41) is 3.43. The quantitative estimate of drug-likeness (QED) is 0.778. The Labute approximate surface area is 105 Å². The van der Waals surface area contributed by atoms with E-state index in [0.717, 1.165) is 26.1 Å². The molecule has 1 fully saturated rings. The van der Waals surface area contributed by atoms with E-state index in [2.05, 4.69) is 17.1 Å². The zero-order valence-corrected chi connectivity index (χ0v) is 11.7. The molecule has 1 aliphatic rings. The second kappa shape index (κ2) is 6.97. The molecule has 0 aromatic rings. The molecule has 4 heteroatoms. The van der Waals surface area contributed by atoms with Crippen LogP contribution >= 0.6 is 0 Å². The lowest BCUT2D eigenvalue weighted by Gasteiger charge is -2.38. The predicted molar refractivity (Wildman–Crippen MR) is 71.0 cm³/mol. The second-order valence-corrected chi connectivity index (χ2v) is 5.15. The summed E-state index contributed by atoms with van der Waals surface area (Å²) in [6, 6.07) is 0.512. The van der Waals surface area contributed by atoms with Gasteiger partial charge in [-0.2, -0.15) is 0 Å². The van der Waals surface area contributed by atoms with Crippen molar-refractivity contribution in [1.29, 1.82) is 0 Å². The van der Waals surface area contributed by atoms with Gasteiger partial charge in [0, 0.05) is 26.7 Å². The van der Waals surface area contributed by atoms with Crippen LogP contribution in [-0.2, 0) is 4.79 Å². The van der Waals surface area contributed by atoms with Gasteiger partial charge in [-0.15, -0.1) is 0 Å². The number of nitrogens with one attached hydrogen (secondary N) is 1. The standard InChI is InChI=1S/C13H27N3O/c1-5-9-16(11(2)13(17)15(3)4)12-7-6-8-14-10-12/h11-12,14H,5-10H2,1-4H3. The van der Waals surface area contributed by atoms with Crippen LogP contribution < -0.4 is 5.32 Å². The number of carbonyl (C=O) groups excluding carboxylic acids is 1. The minimum atomic E-state index is -0.00477. The van der Waals surface area contributed by atoms with E-state index in [9.17, 15) is 4.79 Å². The van der Waals surface area contributed by atoms with Crippen LogP contribution in [0.3, 0.4) is 0 Å². The first-order valence-electron chi connectivity index (χ1n) is 6.75. The van der Waals surface area contributed by atoms with Crippen LogP contribution in [0.15, 0.2) is 0 Å². The molecule has 0 aliphatic carbocycles. The zero-order chi connectivity index (χ0) is 12.8. The van der Waals surface area contributed by atoms with Crippen molar-refractivity contribution in [2.75, 3.05) is 33.7 Å². The van der Waals surface area contributed by atoms with Crippen LogP contribution in [0.2, 0.25) is 0 Å². The Morgan fingerprint density at radius 2 is 2.18 bits per heavy atom. The zero-order valence-electron chi connectivity index (χ0n) is 11.7. The molecule has 4 nitrogen and oxygen atoms in total. The van der Waals surface area contributed by atoms with Crippen molar-refractivity contribution in [3.8, 4) is 0 Å². The van der Waals surface area contributed by atoms with Crippen LogP contribution in [0.5, 0.6) is 0 Å². The molecule has 1 aliphatic heterocycles. The largest absolute Gasteiger partial charge is 0.347 e. The molecule has 2 atom stereocenters. The fourth-order valence-corrected chi connectivity index (χ4v) is 2.58. The van der Waals surface area contributed by atoms with Gasteiger partial charge in [0.2, 0.25) is 5.91 Å². The lowest BCUT2D eigenvalue weighted by atomic mass is 10.0. The van der Waals surface area contributed by atoms with Gasteiger partial charge in [-0.05, 0) is 39.3 Å². The van der Waals surface area contributed by atoms with Crippen LogP contribution in [0, 0.1) is 0 Å². The van der Waals surface area contributed by atoms with Crippen LogP contribution in [0.4, 0.5) is 0 Å². The average Bonchev–Trinajstić information content (AvgIpc) is 2.35. The van der Waals surface area contributed by atoms with Crippen molar-refractivity contribution in [2.24, 2.45) is 0 Å². The summed E-state index contributed by atoms with van der Waals surface area (Å²) in [4.78, 5) is 16.1. The smallest absolute Gasteiger partial charge is 0.239 e. The van der Waals surface area contributed by atoms with Crippen molar-refractivity contribution in [3.05, 3.63) is 0 Å². The molecular formula is C13H27N3O. The summed E-state index contributed by atoms with van der Waals surface area (Å²) < 4.78 is 0. The molecule has 0 radical (unpaired) electrons. The number of hydrogen-bond acceptors (Lipinski definition) is 3. The Kier molecular flexibility index (Phi) is 5.92. The summed E-state index contributed by atoms with van der Waals surface area (Å²) in [6.07, 6.45) is 3.52. The van der Waals surface area contributed by atoms with Gasteiger partial charge in [0.05, 0.1) is 6.04 Å². The number of piperidine rings is 1. The van der Waals surface area contributed by atoms with E-state index in [1.165, 1.54) is 12.8 Å². The molecule has 1 amide bonds. The van der Waals surface area contributed by atoms with E-state index >= 15 is 0 Å². The van der Waals surface area contributed by atoms with Gasteiger partial charge in [0.25, 0.3) is 0 Å². The topological polar surface area (TPSA) is 35.6 Å². The van der Waals surface area contributed by atoms with E-state index in [4.69, 9.17) is 0 Å². The fraction of sp³-hybridized carbons (Fsp3) is 0.923. The summed E-state index contributed by atoms with van der Waals surface area (Å²) >= 11 is 0. The van der Waals surface area contributed by atoms with Crippen LogP contribution in [-0.4, -0.2) is 61.5 Å². The van der Waals surface area contributed by atoms with E-state index in [1.807, 2.05) is 21.0 Å². The highest BCUT2D eigenvalue weighted by Crippen LogP contribution is 2.15. The first kappa shape index (κ1) is 14.5. The van der Waals surface area contributed by atoms with Gasteiger partial charge < -0.3 is 10.2 Å². The number of rotatable bonds is 5. The van der Waals surface area contributed by atoms with Gasteiger partial charge in [0.1, 0.15) is 0 Å². The normalized spacial score (nSPS) is 22.5. The Morgan fingerprint density at radius 3 is 2.65 bits per heavy atom. The Hall–Kier alpha value is -0.610. The van der Waals surface area contributed by atoms with Crippen molar-refractivity contribution in [1.82, 2.24) is 15.1 Å². The second-order valence-electron chi connectivity index (χ2n) is 5.15. The monoisotopic (exact) mass is 241 g/mol. The van der Waals surface area contributed by atoms with E-state index in [-0.39, 0.29) is 11.9 Å². The highest BCUT2D eigenvalue weighted by molar-refractivity contribution is 5.81. The number of nitrogens with zero attached hydrogens (tertiary/aromatic N) is 2. The third kappa shape index (κ3) is 3.96. The van der Waals surface area contributed by atoms with Crippen molar-refractivity contribution in [2.45, 2.75) is 45.2 Å².